The number of aliphatic hydroxyl groups excluding tert-OH is 1. The van der Waals surface area contributed by atoms with Crippen molar-refractivity contribution in [2.45, 2.75) is 26.8 Å². The van der Waals surface area contributed by atoms with Crippen LogP contribution in [0.1, 0.15) is 31.4 Å². The molecule has 1 heterocycles. The second-order valence-electron chi connectivity index (χ2n) is 7.53. The van der Waals surface area contributed by atoms with Crippen molar-refractivity contribution >= 4 is 17.3 Å². The summed E-state index contributed by atoms with van der Waals surface area (Å²) in [4.78, 5) is 12.3. The van der Waals surface area contributed by atoms with Gasteiger partial charge < -0.3 is 20.5 Å². The maximum Gasteiger partial charge on any atom is 0.248 e. The Kier molecular flexibility index (Phi) is 7.95. The maximum atomic E-state index is 14.4. The third-order valence-corrected chi connectivity index (χ3v) is 5.39. The van der Waals surface area contributed by atoms with Gasteiger partial charge in [0.05, 0.1) is 24.6 Å². The monoisotopic (exact) mass is 455 g/mol. The lowest BCUT2D eigenvalue weighted by atomic mass is 9.94. The molecular formula is C25H27F2N3O3. The van der Waals surface area contributed by atoms with Crippen LogP contribution < -0.4 is 15.4 Å². The number of para-hydroxylation sites is 1. The SMILES string of the molecule is CCOc1cc(F)c(CNc2ccccc2C(=N)C2=CC(CC)C(CO)=CC(=O)N2)c(F)c1. The number of aliphatic hydroxyl groups is 1. The van der Waals surface area contributed by atoms with E-state index in [1.54, 1.807) is 37.3 Å². The number of nitrogens with one attached hydrogen (secondary N) is 3. The van der Waals surface area contributed by atoms with E-state index < -0.39 is 17.5 Å². The van der Waals surface area contributed by atoms with Crippen molar-refractivity contribution in [2.24, 2.45) is 5.92 Å². The molecule has 8 heteroatoms. The van der Waals surface area contributed by atoms with Gasteiger partial charge in [-0.2, -0.15) is 0 Å². The van der Waals surface area contributed by atoms with E-state index in [9.17, 15) is 18.7 Å². The van der Waals surface area contributed by atoms with Gasteiger partial charge in [0.2, 0.25) is 5.91 Å². The van der Waals surface area contributed by atoms with Crippen molar-refractivity contribution in [2.75, 3.05) is 18.5 Å². The molecule has 0 aliphatic carbocycles. The topological polar surface area (TPSA) is 94.4 Å². The zero-order chi connectivity index (χ0) is 24.0. The Balaban J connectivity index is 1.86. The predicted octanol–water partition coefficient (Wildman–Crippen LogP) is 4.30. The molecule has 3 rings (SSSR count). The number of carbonyl (C=O) groups is 1. The van der Waals surface area contributed by atoms with Crippen LogP contribution in [0.4, 0.5) is 14.5 Å². The molecule has 0 spiro atoms. The minimum Gasteiger partial charge on any atom is -0.494 e. The summed E-state index contributed by atoms with van der Waals surface area (Å²) in [5, 5.41) is 24.0. The Hall–Kier alpha value is -3.52. The van der Waals surface area contributed by atoms with Gasteiger partial charge in [-0.1, -0.05) is 31.2 Å². The summed E-state index contributed by atoms with van der Waals surface area (Å²) < 4.78 is 34.1. The first-order chi connectivity index (χ1) is 15.9. The van der Waals surface area contributed by atoms with Crippen LogP contribution in [0.25, 0.3) is 0 Å². The van der Waals surface area contributed by atoms with Gasteiger partial charge >= 0.3 is 0 Å². The standard InChI is InChI=1S/C25H27F2N3O3/c1-3-15-9-23(30-24(32)10-16(15)14-31)25(28)18-7-5-6-8-22(18)29-13-19-20(26)11-17(33-4-2)12-21(19)27/h5-12,15,28-29,31H,3-4,13-14H2,1-2H3,(H,30,32). The average molecular weight is 456 g/mol. The van der Waals surface area contributed by atoms with Crippen LogP contribution in [0.3, 0.4) is 0 Å². The molecule has 1 amide bonds. The van der Waals surface area contributed by atoms with Crippen molar-refractivity contribution < 1.29 is 23.4 Å². The van der Waals surface area contributed by atoms with E-state index in [4.69, 9.17) is 10.1 Å². The fourth-order valence-corrected chi connectivity index (χ4v) is 3.67. The summed E-state index contributed by atoms with van der Waals surface area (Å²) in [6.45, 7) is 3.56. The first-order valence-corrected chi connectivity index (χ1v) is 10.7. The summed E-state index contributed by atoms with van der Waals surface area (Å²) in [7, 11) is 0. The smallest absolute Gasteiger partial charge is 0.248 e. The first-order valence-electron chi connectivity index (χ1n) is 10.7. The molecule has 0 aromatic heterocycles. The van der Waals surface area contributed by atoms with E-state index in [0.717, 1.165) is 12.1 Å². The molecule has 1 atom stereocenters. The molecule has 0 fully saturated rings. The number of carbonyl (C=O) groups excluding carboxylic acids is 1. The Labute approximate surface area is 191 Å². The van der Waals surface area contributed by atoms with E-state index in [1.165, 1.54) is 6.08 Å². The third kappa shape index (κ3) is 5.64. The fraction of sp³-hybridized carbons (Fsp3) is 0.280. The van der Waals surface area contributed by atoms with Gasteiger partial charge in [-0.3, -0.25) is 10.2 Å². The lowest BCUT2D eigenvalue weighted by Crippen LogP contribution is -2.26. The molecule has 1 aliphatic heterocycles. The van der Waals surface area contributed by atoms with E-state index in [1.807, 2.05) is 6.92 Å². The zero-order valence-electron chi connectivity index (χ0n) is 18.5. The van der Waals surface area contributed by atoms with Crippen LogP contribution in [0, 0.1) is 23.0 Å². The van der Waals surface area contributed by atoms with Crippen LogP contribution in [-0.2, 0) is 11.3 Å². The van der Waals surface area contributed by atoms with Gasteiger partial charge in [0.1, 0.15) is 17.4 Å². The van der Waals surface area contributed by atoms with Crippen LogP contribution in [0.2, 0.25) is 0 Å². The molecule has 33 heavy (non-hydrogen) atoms. The molecule has 0 bridgehead atoms. The third-order valence-electron chi connectivity index (χ3n) is 5.39. The van der Waals surface area contributed by atoms with Gasteiger partial charge in [-0.05, 0) is 25.0 Å². The van der Waals surface area contributed by atoms with Crippen molar-refractivity contribution in [1.29, 1.82) is 5.41 Å². The maximum absolute atomic E-state index is 14.4. The van der Waals surface area contributed by atoms with Crippen molar-refractivity contribution in [3.63, 3.8) is 0 Å². The normalized spacial score (nSPS) is 15.8. The molecule has 2 aromatic carbocycles. The summed E-state index contributed by atoms with van der Waals surface area (Å²) in [5.74, 6) is -1.96. The number of rotatable bonds is 9. The van der Waals surface area contributed by atoms with E-state index in [-0.39, 0.29) is 36.1 Å². The molecule has 4 N–H and O–H groups in total. The van der Waals surface area contributed by atoms with Gasteiger partial charge in [0, 0.05) is 47.5 Å². The lowest BCUT2D eigenvalue weighted by Gasteiger charge is -2.17. The van der Waals surface area contributed by atoms with E-state index in [0.29, 0.717) is 35.5 Å². The summed E-state index contributed by atoms with van der Waals surface area (Å²) in [5.41, 5.74) is 1.72. The Morgan fingerprint density at radius 1 is 1.21 bits per heavy atom. The molecule has 0 saturated carbocycles. The Morgan fingerprint density at radius 2 is 1.91 bits per heavy atom. The molecular weight excluding hydrogens is 428 g/mol. The number of amides is 1. The van der Waals surface area contributed by atoms with Crippen LogP contribution in [0.15, 0.2) is 59.8 Å². The highest BCUT2D eigenvalue weighted by molar-refractivity contribution is 6.15. The molecule has 174 valence electrons. The molecule has 1 unspecified atom stereocenters. The molecule has 1 aliphatic rings. The Morgan fingerprint density at radius 3 is 2.55 bits per heavy atom. The number of ether oxygens (including phenoxy) is 1. The molecule has 0 saturated heterocycles. The summed E-state index contributed by atoms with van der Waals surface area (Å²) >= 11 is 0. The van der Waals surface area contributed by atoms with Crippen LogP contribution in [0.5, 0.6) is 5.75 Å². The molecule has 0 radical (unpaired) electrons. The quantitative estimate of drug-likeness (QED) is 0.424. The highest BCUT2D eigenvalue weighted by Crippen LogP contribution is 2.26. The number of benzene rings is 2. The predicted molar refractivity (Wildman–Crippen MR) is 123 cm³/mol. The number of allylic oxidation sites excluding steroid dienone is 2. The van der Waals surface area contributed by atoms with Crippen molar-refractivity contribution in [1.82, 2.24) is 5.32 Å². The van der Waals surface area contributed by atoms with Gasteiger partial charge in [-0.15, -0.1) is 0 Å². The van der Waals surface area contributed by atoms with E-state index in [2.05, 4.69) is 10.6 Å². The summed E-state index contributed by atoms with van der Waals surface area (Å²) in [6, 6.07) is 9.14. The minimum atomic E-state index is -0.731. The minimum absolute atomic E-state index is 0.0464. The van der Waals surface area contributed by atoms with Gasteiger partial charge in [0.25, 0.3) is 0 Å². The van der Waals surface area contributed by atoms with Crippen molar-refractivity contribution in [3.8, 4) is 5.75 Å². The number of halogens is 2. The molecule has 6 nitrogen and oxygen atoms in total. The van der Waals surface area contributed by atoms with E-state index >= 15 is 0 Å². The van der Waals surface area contributed by atoms with Crippen molar-refractivity contribution in [3.05, 3.63) is 82.6 Å². The molecule has 2 aromatic rings. The Bertz CT molecular complexity index is 1090. The van der Waals surface area contributed by atoms with Gasteiger partial charge in [-0.25, -0.2) is 8.78 Å². The lowest BCUT2D eigenvalue weighted by molar-refractivity contribution is -0.115. The van der Waals surface area contributed by atoms with Gasteiger partial charge in [0.15, 0.2) is 0 Å². The summed E-state index contributed by atoms with van der Waals surface area (Å²) in [6.07, 6.45) is 3.75. The second kappa shape index (κ2) is 10.9. The van der Waals surface area contributed by atoms with Crippen LogP contribution >= 0.6 is 0 Å². The van der Waals surface area contributed by atoms with Crippen LogP contribution in [-0.4, -0.2) is 29.9 Å². The highest BCUT2D eigenvalue weighted by Gasteiger charge is 2.22. The first kappa shape index (κ1) is 24.1. The highest BCUT2D eigenvalue weighted by atomic mass is 19.1. The zero-order valence-corrected chi connectivity index (χ0v) is 18.5. The second-order valence-corrected chi connectivity index (χ2v) is 7.53. The largest absolute Gasteiger partial charge is 0.494 e. The fourth-order valence-electron chi connectivity index (χ4n) is 3.67. The number of hydrogen-bond acceptors (Lipinski definition) is 5. The number of anilines is 1. The number of hydrogen-bond donors (Lipinski definition) is 4. The average Bonchev–Trinajstić information content (AvgIpc) is 2.96.